The number of amides is 1. The molecule has 1 heterocycles. The third kappa shape index (κ3) is 4.09. The highest BCUT2D eigenvalue weighted by Crippen LogP contribution is 2.19. The monoisotopic (exact) mass is 301 g/mol. The second-order valence-corrected chi connectivity index (χ2v) is 5.99. The zero-order valence-corrected chi connectivity index (χ0v) is 13.9. The third-order valence-electron chi connectivity index (χ3n) is 4.07. The van der Waals surface area contributed by atoms with Crippen molar-refractivity contribution in [3.8, 4) is 0 Å². The molecule has 2 rings (SSSR count). The van der Waals surface area contributed by atoms with Gasteiger partial charge in [0.2, 0.25) is 5.91 Å². The number of fused-ring (bicyclic) bond motifs is 1. The van der Waals surface area contributed by atoms with Crippen molar-refractivity contribution in [1.82, 2.24) is 14.9 Å². The van der Waals surface area contributed by atoms with Crippen LogP contribution in [0.25, 0.3) is 11.0 Å². The van der Waals surface area contributed by atoms with Crippen LogP contribution in [0.15, 0.2) is 24.3 Å². The van der Waals surface area contributed by atoms with Gasteiger partial charge < -0.3 is 9.88 Å². The van der Waals surface area contributed by atoms with E-state index in [1.54, 1.807) is 0 Å². The maximum absolute atomic E-state index is 11.6. The van der Waals surface area contributed by atoms with Gasteiger partial charge in [-0.05, 0) is 24.5 Å². The zero-order valence-electron chi connectivity index (χ0n) is 13.9. The lowest BCUT2D eigenvalue weighted by Gasteiger charge is -2.14. The number of para-hydroxylation sites is 2. The van der Waals surface area contributed by atoms with Gasteiger partial charge in [0.25, 0.3) is 0 Å². The van der Waals surface area contributed by atoms with Gasteiger partial charge in [-0.25, -0.2) is 4.98 Å². The van der Waals surface area contributed by atoms with Gasteiger partial charge in [0.1, 0.15) is 5.82 Å². The zero-order chi connectivity index (χ0) is 15.9. The summed E-state index contributed by atoms with van der Waals surface area (Å²) in [7, 11) is 0. The molecule has 1 atom stereocenters. The molecular weight excluding hydrogens is 274 g/mol. The van der Waals surface area contributed by atoms with Crippen molar-refractivity contribution in [2.45, 2.75) is 53.0 Å². The van der Waals surface area contributed by atoms with E-state index < -0.39 is 0 Å². The second kappa shape index (κ2) is 7.97. The average Bonchev–Trinajstić information content (AvgIpc) is 2.85. The lowest BCUT2D eigenvalue weighted by molar-refractivity contribution is -0.121. The molecule has 0 saturated heterocycles. The number of carbonyl (C=O) groups is 1. The summed E-state index contributed by atoms with van der Waals surface area (Å²) in [6.07, 6.45) is 3.42. The van der Waals surface area contributed by atoms with Crippen LogP contribution in [0.3, 0.4) is 0 Å². The van der Waals surface area contributed by atoms with E-state index in [1.807, 2.05) is 13.0 Å². The number of benzene rings is 1. The largest absolute Gasteiger partial charge is 0.356 e. The standard InChI is InChI=1S/C18H27N3O/c1-4-8-18(22)19-12-11-17-20-15-9-6-7-10-16(15)21(17)13-14(3)5-2/h6-7,9-10,14H,4-5,8,11-13H2,1-3H3,(H,19,22). The molecule has 1 aromatic heterocycles. The highest BCUT2D eigenvalue weighted by atomic mass is 16.1. The van der Waals surface area contributed by atoms with Crippen LogP contribution in [0.1, 0.15) is 45.9 Å². The molecule has 0 aliphatic carbocycles. The molecule has 1 unspecified atom stereocenters. The molecule has 0 bridgehead atoms. The summed E-state index contributed by atoms with van der Waals surface area (Å²) in [6.45, 7) is 8.14. The number of carbonyl (C=O) groups excluding carboxylic acids is 1. The van der Waals surface area contributed by atoms with E-state index >= 15 is 0 Å². The van der Waals surface area contributed by atoms with Gasteiger partial charge in [0, 0.05) is 25.9 Å². The molecule has 120 valence electrons. The summed E-state index contributed by atoms with van der Waals surface area (Å²) in [5.41, 5.74) is 2.23. The van der Waals surface area contributed by atoms with E-state index in [0.717, 1.165) is 37.1 Å². The Bertz CT molecular complexity index is 618. The molecule has 4 nitrogen and oxygen atoms in total. The molecule has 2 aromatic rings. The maximum Gasteiger partial charge on any atom is 0.219 e. The first-order valence-electron chi connectivity index (χ1n) is 8.36. The van der Waals surface area contributed by atoms with Crippen LogP contribution in [0, 0.1) is 5.92 Å². The van der Waals surface area contributed by atoms with Gasteiger partial charge in [0.15, 0.2) is 0 Å². The van der Waals surface area contributed by atoms with E-state index in [2.05, 4.69) is 41.9 Å². The first kappa shape index (κ1) is 16.5. The lowest BCUT2D eigenvalue weighted by Crippen LogP contribution is -2.26. The minimum Gasteiger partial charge on any atom is -0.356 e. The quantitative estimate of drug-likeness (QED) is 0.810. The summed E-state index contributed by atoms with van der Waals surface area (Å²) in [5.74, 6) is 1.82. The van der Waals surface area contributed by atoms with E-state index in [4.69, 9.17) is 4.98 Å². The fraction of sp³-hybridized carbons (Fsp3) is 0.556. The summed E-state index contributed by atoms with van der Waals surface area (Å²) >= 11 is 0. The molecule has 0 radical (unpaired) electrons. The van der Waals surface area contributed by atoms with Gasteiger partial charge in [-0.2, -0.15) is 0 Å². The van der Waals surface area contributed by atoms with Gasteiger partial charge in [-0.1, -0.05) is 39.3 Å². The number of hydrogen-bond acceptors (Lipinski definition) is 2. The molecule has 0 saturated carbocycles. The number of rotatable bonds is 8. The predicted molar refractivity (Wildman–Crippen MR) is 90.8 cm³/mol. The average molecular weight is 301 g/mol. The van der Waals surface area contributed by atoms with Crippen LogP contribution in [0.4, 0.5) is 0 Å². The van der Waals surface area contributed by atoms with Crippen LogP contribution in [-0.2, 0) is 17.8 Å². The molecule has 4 heteroatoms. The summed E-state index contributed by atoms with van der Waals surface area (Å²) in [4.78, 5) is 16.3. The highest BCUT2D eigenvalue weighted by Gasteiger charge is 2.12. The molecular formula is C18H27N3O. The van der Waals surface area contributed by atoms with Crippen molar-refractivity contribution in [3.63, 3.8) is 0 Å². The Balaban J connectivity index is 2.13. The van der Waals surface area contributed by atoms with Gasteiger partial charge in [-0.3, -0.25) is 4.79 Å². The molecule has 1 aromatic carbocycles. The van der Waals surface area contributed by atoms with E-state index in [9.17, 15) is 4.79 Å². The third-order valence-corrected chi connectivity index (χ3v) is 4.07. The van der Waals surface area contributed by atoms with Crippen molar-refractivity contribution >= 4 is 16.9 Å². The smallest absolute Gasteiger partial charge is 0.219 e. The molecule has 1 N–H and O–H groups in total. The van der Waals surface area contributed by atoms with Crippen molar-refractivity contribution in [2.24, 2.45) is 5.92 Å². The van der Waals surface area contributed by atoms with Crippen LogP contribution in [-0.4, -0.2) is 22.0 Å². The lowest BCUT2D eigenvalue weighted by atomic mass is 10.1. The van der Waals surface area contributed by atoms with Crippen LogP contribution < -0.4 is 5.32 Å². The number of imidazole rings is 1. The molecule has 1 amide bonds. The summed E-state index contributed by atoms with van der Waals surface area (Å²) in [5, 5.41) is 2.98. The fourth-order valence-corrected chi connectivity index (χ4v) is 2.59. The molecule has 0 aliphatic rings. The first-order valence-corrected chi connectivity index (χ1v) is 8.36. The Labute approximate surface area is 132 Å². The van der Waals surface area contributed by atoms with Gasteiger partial charge in [0.05, 0.1) is 11.0 Å². The molecule has 22 heavy (non-hydrogen) atoms. The summed E-state index contributed by atoms with van der Waals surface area (Å²) < 4.78 is 2.31. The Morgan fingerprint density at radius 3 is 2.82 bits per heavy atom. The molecule has 0 fully saturated rings. The number of nitrogens with one attached hydrogen (secondary N) is 1. The summed E-state index contributed by atoms with van der Waals surface area (Å²) in [6, 6.07) is 8.27. The molecule has 0 spiro atoms. The highest BCUT2D eigenvalue weighted by molar-refractivity contribution is 5.76. The van der Waals surface area contributed by atoms with Crippen molar-refractivity contribution in [3.05, 3.63) is 30.1 Å². The van der Waals surface area contributed by atoms with Gasteiger partial charge in [-0.15, -0.1) is 0 Å². The van der Waals surface area contributed by atoms with Crippen molar-refractivity contribution < 1.29 is 4.79 Å². The normalized spacial score (nSPS) is 12.5. The van der Waals surface area contributed by atoms with E-state index in [-0.39, 0.29) is 5.91 Å². The first-order chi connectivity index (χ1) is 10.7. The van der Waals surface area contributed by atoms with E-state index in [1.165, 1.54) is 5.52 Å². The van der Waals surface area contributed by atoms with Crippen molar-refractivity contribution in [1.29, 1.82) is 0 Å². The number of aromatic nitrogens is 2. The molecule has 0 aliphatic heterocycles. The number of hydrogen-bond donors (Lipinski definition) is 1. The predicted octanol–water partition coefficient (Wildman–Crippen LogP) is 3.54. The fourth-order valence-electron chi connectivity index (χ4n) is 2.59. The van der Waals surface area contributed by atoms with Crippen LogP contribution in [0.2, 0.25) is 0 Å². The SMILES string of the molecule is CCCC(=O)NCCc1nc2ccccc2n1CC(C)CC. The van der Waals surface area contributed by atoms with Gasteiger partial charge >= 0.3 is 0 Å². The minimum absolute atomic E-state index is 0.132. The van der Waals surface area contributed by atoms with E-state index in [0.29, 0.717) is 18.9 Å². The van der Waals surface area contributed by atoms with Crippen molar-refractivity contribution in [2.75, 3.05) is 6.54 Å². The Kier molecular flexibility index (Phi) is 5.99. The Hall–Kier alpha value is -1.84. The topological polar surface area (TPSA) is 46.9 Å². The maximum atomic E-state index is 11.6. The van der Waals surface area contributed by atoms with Crippen LogP contribution >= 0.6 is 0 Å². The van der Waals surface area contributed by atoms with Crippen LogP contribution in [0.5, 0.6) is 0 Å². The Morgan fingerprint density at radius 2 is 2.09 bits per heavy atom. The second-order valence-electron chi connectivity index (χ2n) is 5.99. The minimum atomic E-state index is 0.132. The number of nitrogens with zero attached hydrogens (tertiary/aromatic N) is 2. The Morgan fingerprint density at radius 1 is 1.32 bits per heavy atom.